The Balaban J connectivity index is 2.26. The number of carbonyl (C=O) groups is 1. The van der Waals surface area contributed by atoms with Gasteiger partial charge < -0.3 is 10.1 Å². The van der Waals surface area contributed by atoms with Crippen molar-refractivity contribution in [2.24, 2.45) is 0 Å². The van der Waals surface area contributed by atoms with Crippen LogP contribution in [0, 0.1) is 0 Å². The van der Waals surface area contributed by atoms with E-state index in [9.17, 15) is 17.8 Å². The monoisotopic (exact) mass is 255 g/mol. The number of esters is 1. The van der Waals surface area contributed by atoms with Crippen LogP contribution in [0.15, 0.2) is 0 Å². The third-order valence-corrected chi connectivity index (χ3v) is 3.73. The minimum absolute atomic E-state index is 0.0578. The quantitative estimate of drug-likeness (QED) is 0.718. The van der Waals surface area contributed by atoms with Crippen molar-refractivity contribution < 1.29 is 22.5 Å². The van der Waals surface area contributed by atoms with E-state index >= 15 is 0 Å². The molecule has 3 atom stereocenters. The minimum atomic E-state index is -3.36. The highest BCUT2D eigenvalue weighted by Crippen LogP contribution is 2.30. The van der Waals surface area contributed by atoms with Crippen molar-refractivity contribution in [3.63, 3.8) is 0 Å². The molecule has 0 spiro atoms. The summed E-state index contributed by atoms with van der Waals surface area (Å²) in [6, 6.07) is 0. The maximum Gasteiger partial charge on any atom is 0.377 e. The zero-order valence-corrected chi connectivity index (χ0v) is 9.98. The van der Waals surface area contributed by atoms with E-state index in [-0.39, 0.29) is 11.8 Å². The smallest absolute Gasteiger partial charge is 0.377 e. The second-order valence-electron chi connectivity index (χ2n) is 3.90. The van der Waals surface area contributed by atoms with Gasteiger partial charge in [-0.1, -0.05) is 0 Å². The van der Waals surface area contributed by atoms with Crippen LogP contribution < -0.4 is 5.32 Å². The fourth-order valence-electron chi connectivity index (χ4n) is 1.33. The first kappa shape index (κ1) is 13.5. The molecule has 0 bridgehead atoms. The summed E-state index contributed by atoms with van der Waals surface area (Å²) in [5, 5.41) is 2.81. The van der Waals surface area contributed by atoms with Crippen LogP contribution >= 0.6 is 0 Å². The van der Waals surface area contributed by atoms with E-state index in [1.807, 2.05) is 0 Å². The second kappa shape index (κ2) is 5.18. The van der Waals surface area contributed by atoms with Crippen molar-refractivity contribution in [2.45, 2.75) is 30.6 Å². The summed E-state index contributed by atoms with van der Waals surface area (Å²) < 4.78 is 41.0. The molecular formula is C9H15F2NO3S. The lowest BCUT2D eigenvalue weighted by Crippen LogP contribution is -2.33. The van der Waals surface area contributed by atoms with Gasteiger partial charge in [-0.2, -0.15) is 8.78 Å². The van der Waals surface area contributed by atoms with Crippen LogP contribution in [-0.2, 0) is 20.3 Å². The van der Waals surface area contributed by atoms with Gasteiger partial charge in [0.1, 0.15) is 6.10 Å². The van der Waals surface area contributed by atoms with E-state index < -0.39 is 35.2 Å². The molecule has 4 nitrogen and oxygen atoms in total. The molecule has 0 aromatic heterocycles. The molecule has 0 aromatic rings. The normalized spacial score (nSPS) is 27.5. The Morgan fingerprint density at radius 3 is 2.75 bits per heavy atom. The van der Waals surface area contributed by atoms with E-state index in [4.69, 9.17) is 0 Å². The Kier molecular flexibility index (Phi) is 4.37. The summed E-state index contributed by atoms with van der Waals surface area (Å²) >= 11 is 0. The van der Waals surface area contributed by atoms with Crippen molar-refractivity contribution >= 4 is 16.8 Å². The molecule has 94 valence electrons. The number of carbonyl (C=O) groups excluding carboxylic acids is 1. The fraction of sp³-hybridized carbons (Fsp3) is 0.889. The third kappa shape index (κ3) is 3.48. The molecule has 0 saturated carbocycles. The first-order valence-electron chi connectivity index (χ1n) is 4.95. The molecule has 0 radical (unpaired) electrons. The summed E-state index contributed by atoms with van der Waals surface area (Å²) in [4.78, 5) is 10.7. The molecule has 3 unspecified atom stereocenters. The SMILES string of the molecule is CC(CNCC1CC(F)(F)C(=O)O1)S(C)=O. The van der Waals surface area contributed by atoms with Crippen molar-refractivity contribution in [1.82, 2.24) is 5.32 Å². The summed E-state index contributed by atoms with van der Waals surface area (Å²) in [5.74, 6) is -4.81. The first-order valence-corrected chi connectivity index (χ1v) is 6.57. The van der Waals surface area contributed by atoms with Crippen molar-refractivity contribution in [3.8, 4) is 0 Å². The summed E-state index contributed by atoms with van der Waals surface area (Å²) in [5.41, 5.74) is 0. The van der Waals surface area contributed by atoms with E-state index in [1.54, 1.807) is 13.2 Å². The largest absolute Gasteiger partial charge is 0.456 e. The number of rotatable bonds is 5. The van der Waals surface area contributed by atoms with Gasteiger partial charge in [-0.05, 0) is 6.92 Å². The molecule has 0 amide bonds. The lowest BCUT2D eigenvalue weighted by atomic mass is 10.2. The van der Waals surface area contributed by atoms with Crippen molar-refractivity contribution in [2.75, 3.05) is 19.3 Å². The summed E-state index contributed by atoms with van der Waals surface area (Å²) in [6.45, 7) is 2.41. The van der Waals surface area contributed by atoms with Gasteiger partial charge >= 0.3 is 11.9 Å². The molecule has 1 aliphatic heterocycles. The maximum absolute atomic E-state index is 12.8. The fourth-order valence-corrected chi connectivity index (χ4v) is 1.68. The Bertz CT molecular complexity index is 298. The summed E-state index contributed by atoms with van der Waals surface area (Å²) in [7, 11) is -0.954. The highest BCUT2D eigenvalue weighted by atomic mass is 32.2. The number of halogens is 2. The topological polar surface area (TPSA) is 55.4 Å². The maximum atomic E-state index is 12.8. The van der Waals surface area contributed by atoms with Gasteiger partial charge in [0.2, 0.25) is 0 Å². The number of hydrogen-bond donors (Lipinski definition) is 1. The van der Waals surface area contributed by atoms with Crippen LogP contribution in [0.3, 0.4) is 0 Å². The zero-order valence-electron chi connectivity index (χ0n) is 9.16. The molecular weight excluding hydrogens is 240 g/mol. The number of ether oxygens (including phenoxy) is 1. The second-order valence-corrected chi connectivity index (χ2v) is 5.71. The Morgan fingerprint density at radius 2 is 2.31 bits per heavy atom. The molecule has 1 N–H and O–H groups in total. The Labute approximate surface area is 95.2 Å². The van der Waals surface area contributed by atoms with E-state index in [1.165, 1.54) is 0 Å². The van der Waals surface area contributed by atoms with Crippen LogP contribution in [-0.4, -0.2) is 46.8 Å². The van der Waals surface area contributed by atoms with Gasteiger partial charge in [0.15, 0.2) is 0 Å². The molecule has 16 heavy (non-hydrogen) atoms. The predicted molar refractivity (Wildman–Crippen MR) is 55.8 cm³/mol. The van der Waals surface area contributed by atoms with Crippen LogP contribution in [0.2, 0.25) is 0 Å². The third-order valence-electron chi connectivity index (χ3n) is 2.43. The molecule has 1 saturated heterocycles. The van der Waals surface area contributed by atoms with Crippen LogP contribution in [0.1, 0.15) is 13.3 Å². The van der Waals surface area contributed by atoms with E-state index in [0.717, 1.165) is 0 Å². The van der Waals surface area contributed by atoms with Crippen LogP contribution in [0.4, 0.5) is 8.78 Å². The standard InChI is InChI=1S/C9H15F2NO3S/c1-6(16(2)14)4-12-5-7-3-9(10,11)8(13)15-7/h6-7,12H,3-5H2,1-2H3. The molecule has 1 fully saturated rings. The van der Waals surface area contributed by atoms with E-state index in [0.29, 0.717) is 6.54 Å². The molecule has 1 rings (SSSR count). The number of cyclic esters (lactones) is 1. The first-order chi connectivity index (χ1) is 7.33. The van der Waals surface area contributed by atoms with Gasteiger partial charge in [-0.15, -0.1) is 0 Å². The van der Waals surface area contributed by atoms with Crippen molar-refractivity contribution in [1.29, 1.82) is 0 Å². The molecule has 7 heteroatoms. The zero-order chi connectivity index (χ0) is 12.3. The number of alkyl halides is 2. The lowest BCUT2D eigenvalue weighted by Gasteiger charge is -2.12. The molecule has 0 aromatic carbocycles. The van der Waals surface area contributed by atoms with Gasteiger partial charge in [-0.25, -0.2) is 4.79 Å². The van der Waals surface area contributed by atoms with Gasteiger partial charge in [0.05, 0.1) is 6.42 Å². The molecule has 0 aliphatic carbocycles. The highest BCUT2D eigenvalue weighted by Gasteiger charge is 2.50. The summed E-state index contributed by atoms with van der Waals surface area (Å²) in [6.07, 6.45) is 0.207. The van der Waals surface area contributed by atoms with Crippen molar-refractivity contribution in [3.05, 3.63) is 0 Å². The van der Waals surface area contributed by atoms with Gasteiger partial charge in [0.25, 0.3) is 0 Å². The van der Waals surface area contributed by atoms with Gasteiger partial charge in [0, 0.05) is 35.4 Å². The number of hydrogen-bond acceptors (Lipinski definition) is 4. The number of nitrogens with one attached hydrogen (secondary N) is 1. The lowest BCUT2D eigenvalue weighted by molar-refractivity contribution is -0.158. The van der Waals surface area contributed by atoms with Crippen LogP contribution in [0.5, 0.6) is 0 Å². The minimum Gasteiger partial charge on any atom is -0.456 e. The Morgan fingerprint density at radius 1 is 1.69 bits per heavy atom. The average molecular weight is 255 g/mol. The highest BCUT2D eigenvalue weighted by molar-refractivity contribution is 7.84. The molecule has 1 aliphatic rings. The predicted octanol–water partition coefficient (Wildman–Crippen LogP) is 0.294. The van der Waals surface area contributed by atoms with Crippen LogP contribution in [0.25, 0.3) is 0 Å². The average Bonchev–Trinajstić information content (AvgIpc) is 2.40. The molecule has 1 heterocycles. The van der Waals surface area contributed by atoms with Gasteiger partial charge in [-0.3, -0.25) is 4.21 Å². The van der Waals surface area contributed by atoms with E-state index in [2.05, 4.69) is 10.1 Å². The Hall–Kier alpha value is -0.560.